The van der Waals surface area contributed by atoms with Gasteiger partial charge in [-0.15, -0.1) is 11.8 Å². The van der Waals surface area contributed by atoms with E-state index in [1.54, 1.807) is 23.9 Å². The van der Waals surface area contributed by atoms with Crippen LogP contribution in [0.1, 0.15) is 54.5 Å². The largest absolute Gasteiger partial charge is 0.388 e. The number of aliphatic hydroxyl groups excluding tert-OH is 4. The summed E-state index contributed by atoms with van der Waals surface area (Å²) in [6.07, 6.45) is 0.394. The first-order valence-electron chi connectivity index (χ1n) is 15.9. The molecule has 10 heteroatoms. The van der Waals surface area contributed by atoms with Crippen molar-refractivity contribution in [2.75, 3.05) is 17.8 Å². The first kappa shape index (κ1) is 33.5. The van der Waals surface area contributed by atoms with Gasteiger partial charge in [0.15, 0.2) is 6.29 Å². The highest BCUT2D eigenvalue weighted by molar-refractivity contribution is 8.03. The SMILES string of the molecule is COC1OC(CSC2=CC=C(c3ccc(C4C(CCC(O)c5ccc(F)cc5)C(=O)N4c4ccccc4)cc3)CC2)C(O)C(O)C1O. The van der Waals surface area contributed by atoms with Crippen molar-refractivity contribution in [2.24, 2.45) is 5.92 Å². The molecule has 2 fully saturated rings. The second-order valence-electron chi connectivity index (χ2n) is 12.2. The maximum Gasteiger partial charge on any atom is 0.233 e. The van der Waals surface area contributed by atoms with E-state index in [-0.39, 0.29) is 23.7 Å². The van der Waals surface area contributed by atoms with Gasteiger partial charge < -0.3 is 34.8 Å². The van der Waals surface area contributed by atoms with Crippen LogP contribution in [0.15, 0.2) is 95.9 Å². The van der Waals surface area contributed by atoms with Crippen LogP contribution in [0.2, 0.25) is 0 Å². The molecule has 8 nitrogen and oxygen atoms in total. The van der Waals surface area contributed by atoms with Crippen molar-refractivity contribution in [3.63, 3.8) is 0 Å². The average Bonchev–Trinajstić information content (AvgIpc) is 3.10. The quantitative estimate of drug-likeness (QED) is 0.205. The van der Waals surface area contributed by atoms with E-state index in [1.165, 1.54) is 24.8 Å². The first-order chi connectivity index (χ1) is 22.7. The molecule has 2 aliphatic heterocycles. The molecule has 1 amide bonds. The Balaban J connectivity index is 1.12. The number of β-lactam (4-membered cyclic amide) rings is 1. The van der Waals surface area contributed by atoms with Crippen molar-refractivity contribution >= 4 is 28.9 Å². The van der Waals surface area contributed by atoms with Crippen molar-refractivity contribution < 1.29 is 39.1 Å². The number of nitrogens with zero attached hydrogens (tertiary/aromatic N) is 1. The molecule has 47 heavy (non-hydrogen) atoms. The van der Waals surface area contributed by atoms with Gasteiger partial charge in [-0.05, 0) is 77.1 Å². The van der Waals surface area contributed by atoms with Gasteiger partial charge >= 0.3 is 0 Å². The van der Waals surface area contributed by atoms with Gasteiger partial charge in [-0.2, -0.15) is 0 Å². The molecular weight excluding hydrogens is 621 g/mol. The number of benzene rings is 3. The summed E-state index contributed by atoms with van der Waals surface area (Å²) >= 11 is 1.55. The third kappa shape index (κ3) is 7.24. The summed E-state index contributed by atoms with van der Waals surface area (Å²) in [4.78, 5) is 16.4. The number of ether oxygens (including phenoxy) is 2. The van der Waals surface area contributed by atoms with Gasteiger partial charge in [0.25, 0.3) is 0 Å². The number of thioether (sulfide) groups is 1. The molecule has 3 aromatic carbocycles. The van der Waals surface area contributed by atoms with Crippen LogP contribution in [-0.4, -0.2) is 69.9 Å². The molecular formula is C37H40FNO7S. The molecule has 2 saturated heterocycles. The normalized spacial score (nSPS) is 28.3. The van der Waals surface area contributed by atoms with E-state index < -0.39 is 36.8 Å². The van der Waals surface area contributed by atoms with Crippen LogP contribution >= 0.6 is 11.8 Å². The molecule has 2 heterocycles. The van der Waals surface area contributed by atoms with E-state index in [0.717, 1.165) is 34.6 Å². The summed E-state index contributed by atoms with van der Waals surface area (Å²) < 4.78 is 24.1. The van der Waals surface area contributed by atoms with Crippen molar-refractivity contribution in [3.05, 3.63) is 118 Å². The molecule has 8 unspecified atom stereocenters. The molecule has 0 saturated carbocycles. The van der Waals surface area contributed by atoms with Crippen LogP contribution in [-0.2, 0) is 14.3 Å². The van der Waals surface area contributed by atoms with Gasteiger partial charge in [-0.25, -0.2) is 4.39 Å². The van der Waals surface area contributed by atoms with Crippen molar-refractivity contribution in [3.8, 4) is 0 Å². The maximum absolute atomic E-state index is 13.4. The molecule has 3 aromatic rings. The standard InChI is InChI=1S/C37H40FNO7S/c1-45-37-35(43)34(42)33(41)31(46-37)21-47-28-17-13-23(14-18-28)22-7-9-25(10-8-22)32-29(36(44)39(32)27-5-3-2-4-6-27)19-20-30(40)24-11-15-26(38)16-12-24/h2-13,15-17,29-35,37,40-43H,14,18-21H2,1H3. The summed E-state index contributed by atoms with van der Waals surface area (Å²) in [6, 6.07) is 23.6. The predicted octanol–water partition coefficient (Wildman–Crippen LogP) is 5.29. The van der Waals surface area contributed by atoms with E-state index >= 15 is 0 Å². The fourth-order valence-electron chi connectivity index (χ4n) is 6.59. The molecule has 0 spiro atoms. The molecule has 248 valence electrons. The highest BCUT2D eigenvalue weighted by atomic mass is 32.2. The lowest BCUT2D eigenvalue weighted by Crippen LogP contribution is -2.58. The number of aliphatic hydroxyl groups is 4. The number of carbonyl (C=O) groups excluding carboxylic acids is 1. The van der Waals surface area contributed by atoms with Crippen LogP contribution in [0.3, 0.4) is 0 Å². The zero-order chi connectivity index (χ0) is 33.1. The average molecular weight is 662 g/mol. The Bertz CT molecular complexity index is 1580. The second kappa shape index (κ2) is 14.8. The second-order valence-corrected chi connectivity index (χ2v) is 13.4. The molecule has 4 N–H and O–H groups in total. The Morgan fingerprint density at radius 3 is 2.32 bits per heavy atom. The summed E-state index contributed by atoms with van der Waals surface area (Å²) in [5.74, 6) is -0.208. The maximum atomic E-state index is 13.4. The number of hydrogen-bond acceptors (Lipinski definition) is 8. The predicted molar refractivity (Wildman–Crippen MR) is 179 cm³/mol. The molecule has 0 radical (unpaired) electrons. The number of para-hydroxylation sites is 1. The topological polar surface area (TPSA) is 120 Å². The summed E-state index contributed by atoms with van der Waals surface area (Å²) in [7, 11) is 1.39. The molecule has 8 atom stereocenters. The number of amides is 1. The number of carbonyl (C=O) groups is 1. The van der Waals surface area contributed by atoms with Crippen molar-refractivity contribution in [1.82, 2.24) is 0 Å². The zero-order valence-electron chi connectivity index (χ0n) is 26.1. The Morgan fingerprint density at radius 1 is 0.936 bits per heavy atom. The third-order valence-electron chi connectivity index (χ3n) is 9.32. The molecule has 0 bridgehead atoms. The van der Waals surface area contributed by atoms with Gasteiger partial charge in [0, 0.05) is 18.6 Å². The lowest BCUT2D eigenvalue weighted by atomic mass is 9.78. The van der Waals surface area contributed by atoms with Crippen LogP contribution in [0.5, 0.6) is 0 Å². The Hall–Kier alpha value is -3.35. The molecule has 6 rings (SSSR count). The van der Waals surface area contributed by atoms with E-state index in [4.69, 9.17) is 9.47 Å². The molecule has 0 aromatic heterocycles. The summed E-state index contributed by atoms with van der Waals surface area (Å²) in [5.41, 5.74) is 4.78. The van der Waals surface area contributed by atoms with E-state index in [2.05, 4.69) is 36.4 Å². The first-order valence-corrected chi connectivity index (χ1v) is 16.9. The van der Waals surface area contributed by atoms with Gasteiger partial charge in [0.2, 0.25) is 5.91 Å². The summed E-state index contributed by atoms with van der Waals surface area (Å²) in [5, 5.41) is 41.3. The minimum atomic E-state index is -1.34. The minimum Gasteiger partial charge on any atom is -0.388 e. The Kier molecular flexibility index (Phi) is 10.6. The van der Waals surface area contributed by atoms with E-state index in [1.807, 2.05) is 35.2 Å². The molecule has 3 aliphatic rings. The third-order valence-corrected chi connectivity index (χ3v) is 10.5. The number of rotatable bonds is 11. The Labute approximate surface area is 278 Å². The fourth-order valence-corrected chi connectivity index (χ4v) is 7.65. The summed E-state index contributed by atoms with van der Waals surface area (Å²) in [6.45, 7) is 0. The van der Waals surface area contributed by atoms with Crippen LogP contribution in [0, 0.1) is 11.7 Å². The lowest BCUT2D eigenvalue weighted by molar-refractivity contribution is -0.284. The number of allylic oxidation sites excluding steroid dienone is 4. The van der Waals surface area contributed by atoms with Crippen LogP contribution in [0.25, 0.3) is 5.57 Å². The lowest BCUT2D eigenvalue weighted by Gasteiger charge is -2.48. The van der Waals surface area contributed by atoms with E-state index in [0.29, 0.717) is 24.2 Å². The fraction of sp³-hybridized carbons (Fsp3) is 0.378. The van der Waals surface area contributed by atoms with Crippen molar-refractivity contribution in [1.29, 1.82) is 0 Å². The van der Waals surface area contributed by atoms with Crippen LogP contribution < -0.4 is 4.90 Å². The van der Waals surface area contributed by atoms with Crippen molar-refractivity contribution in [2.45, 2.75) is 68.5 Å². The molecule has 1 aliphatic carbocycles. The zero-order valence-corrected chi connectivity index (χ0v) is 26.9. The number of anilines is 1. The minimum absolute atomic E-state index is 0.0244. The number of methoxy groups -OCH3 is 1. The number of halogens is 1. The highest BCUT2D eigenvalue weighted by Gasteiger charge is 2.48. The van der Waals surface area contributed by atoms with Gasteiger partial charge in [-0.1, -0.05) is 66.7 Å². The Morgan fingerprint density at radius 2 is 1.66 bits per heavy atom. The highest BCUT2D eigenvalue weighted by Crippen LogP contribution is 2.46. The van der Waals surface area contributed by atoms with Gasteiger partial charge in [-0.3, -0.25) is 4.79 Å². The van der Waals surface area contributed by atoms with Gasteiger partial charge in [0.1, 0.15) is 24.1 Å². The number of hydrogen-bond donors (Lipinski definition) is 4. The monoisotopic (exact) mass is 661 g/mol. The smallest absolute Gasteiger partial charge is 0.233 e. The van der Waals surface area contributed by atoms with Crippen LogP contribution in [0.4, 0.5) is 10.1 Å². The van der Waals surface area contributed by atoms with E-state index in [9.17, 15) is 29.6 Å². The van der Waals surface area contributed by atoms with Gasteiger partial charge in [0.05, 0.1) is 24.2 Å².